The van der Waals surface area contributed by atoms with Gasteiger partial charge in [0.15, 0.2) is 12.6 Å². The Labute approximate surface area is 227 Å². The lowest BCUT2D eigenvalue weighted by Gasteiger charge is -2.47. The van der Waals surface area contributed by atoms with E-state index >= 15 is 0 Å². The van der Waals surface area contributed by atoms with Crippen LogP contribution < -0.4 is 0 Å². The van der Waals surface area contributed by atoms with E-state index in [9.17, 15) is 61.0 Å². The highest BCUT2D eigenvalue weighted by Crippen LogP contribution is 2.37. The van der Waals surface area contributed by atoms with Crippen LogP contribution in [0.3, 0.4) is 0 Å². The van der Waals surface area contributed by atoms with E-state index in [2.05, 4.69) is 0 Å². The number of carbonyl (C=O) groups is 1. The van der Waals surface area contributed by atoms with Crippen LogP contribution in [0.1, 0.15) is 13.3 Å². The average Bonchev–Trinajstić information content (AvgIpc) is 2.93. The summed E-state index contributed by atoms with van der Waals surface area (Å²) < 4.78 is 26.7. The second-order valence-electron chi connectivity index (χ2n) is 10.2. The van der Waals surface area contributed by atoms with E-state index in [1.54, 1.807) is 0 Å². The normalized spacial score (nSPS) is 48.0. The first-order chi connectivity index (χ1) is 18.7. The van der Waals surface area contributed by atoms with Crippen LogP contribution in [-0.4, -0.2) is 179 Å². The van der Waals surface area contributed by atoms with Crippen molar-refractivity contribution in [1.29, 1.82) is 0 Å². The quantitative estimate of drug-likeness (QED) is 0.112. The summed E-state index contributed by atoms with van der Waals surface area (Å²) in [5.74, 6) is -5.35. The van der Waals surface area contributed by atoms with Crippen LogP contribution in [0, 0.1) is 5.92 Å². The van der Waals surface area contributed by atoms with Gasteiger partial charge in [-0.3, -0.25) is 0 Å². The maximum absolute atomic E-state index is 12.2. The van der Waals surface area contributed by atoms with E-state index in [0.29, 0.717) is 0 Å². The van der Waals surface area contributed by atoms with E-state index < -0.39 is 130 Å². The summed E-state index contributed by atoms with van der Waals surface area (Å²) in [6, 6.07) is 0. The lowest BCUT2D eigenvalue weighted by Crippen LogP contribution is -2.65. The van der Waals surface area contributed by atoms with Crippen molar-refractivity contribution in [1.82, 2.24) is 0 Å². The molecule has 3 aliphatic heterocycles. The smallest absolute Gasteiger partial charge is 0.364 e. The molecule has 234 valence electrons. The van der Waals surface area contributed by atoms with Gasteiger partial charge in [0.1, 0.15) is 61.0 Å². The molecule has 18 nitrogen and oxygen atoms in total. The molecule has 3 aliphatic rings. The van der Waals surface area contributed by atoms with Gasteiger partial charge in [-0.15, -0.1) is 0 Å². The zero-order valence-electron chi connectivity index (χ0n) is 21.3. The predicted octanol–water partition coefficient (Wildman–Crippen LogP) is -7.09. The lowest BCUT2D eigenvalue weighted by molar-refractivity contribution is -0.365. The molecule has 0 radical (unpaired) electrons. The summed E-state index contributed by atoms with van der Waals surface area (Å²) in [5, 5.41) is 120. The van der Waals surface area contributed by atoms with Crippen molar-refractivity contribution in [3.05, 3.63) is 0 Å². The van der Waals surface area contributed by atoms with Gasteiger partial charge in [-0.25, -0.2) is 4.79 Å². The molecule has 0 aliphatic carbocycles. The molecular formula is C22H38O18. The van der Waals surface area contributed by atoms with E-state index in [0.717, 1.165) is 0 Å². The minimum absolute atomic E-state index is 0.681. The summed E-state index contributed by atoms with van der Waals surface area (Å²) in [7, 11) is 0. The number of aliphatic carboxylic acids is 1. The van der Waals surface area contributed by atoms with Crippen molar-refractivity contribution < 1.29 is 89.8 Å². The molecule has 0 aromatic carbocycles. The van der Waals surface area contributed by atoms with Crippen molar-refractivity contribution >= 4 is 5.97 Å². The molecule has 3 fully saturated rings. The Balaban J connectivity index is 1.77. The van der Waals surface area contributed by atoms with E-state index in [1.807, 2.05) is 0 Å². The van der Waals surface area contributed by atoms with Crippen LogP contribution in [0.25, 0.3) is 0 Å². The molecule has 0 amide bonds. The lowest BCUT2D eigenvalue weighted by atomic mass is 9.84. The predicted molar refractivity (Wildman–Crippen MR) is 122 cm³/mol. The molecule has 0 aromatic rings. The van der Waals surface area contributed by atoms with Crippen LogP contribution in [0.15, 0.2) is 0 Å². The van der Waals surface area contributed by atoms with Crippen LogP contribution >= 0.6 is 0 Å². The third-order valence-electron chi connectivity index (χ3n) is 7.45. The zero-order valence-corrected chi connectivity index (χ0v) is 21.3. The summed E-state index contributed by atoms with van der Waals surface area (Å²) in [6.07, 6.45) is -25.3. The highest BCUT2D eigenvalue weighted by Gasteiger charge is 2.56. The molecule has 7 unspecified atom stereocenters. The Morgan fingerprint density at radius 1 is 0.925 bits per heavy atom. The molecular weight excluding hydrogens is 552 g/mol. The third kappa shape index (κ3) is 6.57. The number of carboxylic acids is 1. The number of hydrogen-bond donors (Lipinski definition) is 12. The van der Waals surface area contributed by atoms with Gasteiger partial charge in [0.2, 0.25) is 0 Å². The van der Waals surface area contributed by atoms with Crippen molar-refractivity contribution in [3.63, 3.8) is 0 Å². The van der Waals surface area contributed by atoms with E-state index in [-0.39, 0.29) is 0 Å². The molecule has 18 heteroatoms. The molecule has 3 heterocycles. The molecule has 3 rings (SSSR count). The zero-order chi connectivity index (χ0) is 30.1. The Kier molecular flexibility index (Phi) is 11.2. The molecule has 0 bridgehead atoms. The van der Waals surface area contributed by atoms with Crippen LogP contribution in [0.2, 0.25) is 0 Å². The topological polar surface area (TPSA) is 306 Å². The monoisotopic (exact) mass is 590 g/mol. The first-order valence-electron chi connectivity index (χ1n) is 12.5. The van der Waals surface area contributed by atoms with Crippen LogP contribution in [0.4, 0.5) is 0 Å². The Morgan fingerprint density at radius 3 is 2.15 bits per heavy atom. The molecule has 0 aromatic heterocycles. The van der Waals surface area contributed by atoms with Crippen molar-refractivity contribution in [3.8, 4) is 0 Å². The summed E-state index contributed by atoms with van der Waals surface area (Å²) >= 11 is 0. The summed E-state index contributed by atoms with van der Waals surface area (Å²) in [6.45, 7) is -1.19. The molecule has 0 spiro atoms. The second-order valence-corrected chi connectivity index (χ2v) is 10.2. The van der Waals surface area contributed by atoms with Crippen molar-refractivity contribution in [2.24, 2.45) is 5.92 Å². The Hall–Kier alpha value is -1.17. The molecule has 3 saturated heterocycles. The van der Waals surface area contributed by atoms with Gasteiger partial charge in [-0.2, -0.15) is 0 Å². The molecule has 16 atom stereocenters. The highest BCUT2D eigenvalue weighted by atomic mass is 16.8. The molecule has 12 N–H and O–H groups in total. The Morgan fingerprint density at radius 2 is 1.57 bits per heavy atom. The number of rotatable bonds is 10. The molecule has 0 saturated carbocycles. The van der Waals surface area contributed by atoms with E-state index in [4.69, 9.17) is 28.8 Å². The van der Waals surface area contributed by atoms with Crippen molar-refractivity contribution in [2.45, 2.75) is 105 Å². The summed E-state index contributed by atoms with van der Waals surface area (Å²) in [4.78, 5) is 12.2. The first-order valence-corrected chi connectivity index (χ1v) is 12.5. The minimum Gasteiger partial charge on any atom is -0.477 e. The van der Waals surface area contributed by atoms with Gasteiger partial charge in [0, 0.05) is 12.3 Å². The van der Waals surface area contributed by atoms with Gasteiger partial charge in [0.05, 0.1) is 32.0 Å². The number of aliphatic hydroxyl groups excluding tert-OH is 11. The minimum atomic E-state index is -2.66. The fourth-order valence-electron chi connectivity index (χ4n) is 4.83. The number of aliphatic hydroxyl groups is 11. The molecule has 40 heavy (non-hydrogen) atoms. The largest absolute Gasteiger partial charge is 0.477 e. The van der Waals surface area contributed by atoms with Crippen LogP contribution in [-0.2, 0) is 28.5 Å². The summed E-state index contributed by atoms with van der Waals surface area (Å²) in [5.41, 5.74) is 0. The number of carboxylic acid groups (broad SMARTS) is 1. The van der Waals surface area contributed by atoms with E-state index in [1.165, 1.54) is 6.92 Å². The third-order valence-corrected chi connectivity index (χ3v) is 7.45. The number of ether oxygens (including phenoxy) is 5. The fourth-order valence-corrected chi connectivity index (χ4v) is 4.83. The van der Waals surface area contributed by atoms with Gasteiger partial charge < -0.3 is 85.0 Å². The van der Waals surface area contributed by atoms with Crippen molar-refractivity contribution in [2.75, 3.05) is 19.8 Å². The highest BCUT2D eigenvalue weighted by molar-refractivity contribution is 5.76. The van der Waals surface area contributed by atoms with Gasteiger partial charge in [0.25, 0.3) is 5.79 Å². The maximum Gasteiger partial charge on any atom is 0.364 e. The van der Waals surface area contributed by atoms with Crippen LogP contribution in [0.5, 0.6) is 0 Å². The first kappa shape index (κ1) is 33.3. The Bertz CT molecular complexity index is 832. The second kappa shape index (κ2) is 13.4. The number of hydrogen-bond acceptors (Lipinski definition) is 17. The fraction of sp³-hybridized carbons (Fsp3) is 0.955. The van der Waals surface area contributed by atoms with Gasteiger partial charge >= 0.3 is 5.97 Å². The van der Waals surface area contributed by atoms with Gasteiger partial charge in [-0.05, 0) is 0 Å². The average molecular weight is 591 g/mol. The van der Waals surface area contributed by atoms with Gasteiger partial charge in [-0.1, -0.05) is 6.92 Å². The SMILES string of the molecule is C[C@@H]1C(O)C[C@](OCC2O[C@@H](O[C@@H]3C(CO)OC(O)C(O)[C@H]3O)C(O)[C@@H](O)[C@H]2O)(C(=O)O)OC1[C@H](O)[C@H](O)CO. The maximum atomic E-state index is 12.2. The standard InChI is InChI=1S/C22H38O18/c1-6-7(25)2-22(21(34)35,40-17(6)11(27)8(26)3-23)36-5-10-12(28)13(29)16(32)20(38-10)39-18-9(4-24)37-19(33)15(31)14(18)30/h6-20,23-33H,2-5H2,1H3,(H,34,35)/t6-,7?,8-,9?,10?,11-,12+,13+,14-,15?,16?,17?,18-,19?,20+,22-/m1/s1.